The van der Waals surface area contributed by atoms with Crippen LogP contribution in [0.5, 0.6) is 0 Å². The van der Waals surface area contributed by atoms with Gasteiger partial charge in [-0.1, -0.05) is 60.1 Å². The number of carbonyl (C=O) groups excluding carboxylic acids is 3. The van der Waals surface area contributed by atoms with E-state index in [9.17, 15) is 14.4 Å². The Morgan fingerprint density at radius 3 is 2.37 bits per heavy atom. The lowest BCUT2D eigenvalue weighted by molar-refractivity contribution is -0.126. The topological polar surface area (TPSA) is 111 Å². The van der Waals surface area contributed by atoms with Gasteiger partial charge in [0.1, 0.15) is 19.2 Å². The molecule has 3 amide bonds. The fourth-order valence-corrected chi connectivity index (χ4v) is 2.49. The van der Waals surface area contributed by atoms with Crippen molar-refractivity contribution in [2.24, 2.45) is 5.73 Å². The van der Waals surface area contributed by atoms with Crippen molar-refractivity contribution in [3.05, 3.63) is 70.7 Å². The number of benzene rings is 2. The smallest absolute Gasteiger partial charge is 0.407 e. The number of amides is 3. The fourth-order valence-electron chi connectivity index (χ4n) is 2.28. The van der Waals surface area contributed by atoms with Gasteiger partial charge in [0.2, 0.25) is 11.8 Å². The number of hydrogen-bond acceptors (Lipinski definition) is 4. The molecule has 4 N–H and O–H groups in total. The Kier molecular flexibility index (Phi) is 7.63. The molecule has 2 aromatic carbocycles. The van der Waals surface area contributed by atoms with Crippen molar-refractivity contribution in [3.63, 3.8) is 0 Å². The van der Waals surface area contributed by atoms with E-state index in [1.54, 1.807) is 24.3 Å². The zero-order valence-corrected chi connectivity index (χ0v) is 15.2. The van der Waals surface area contributed by atoms with Crippen LogP contribution in [-0.4, -0.2) is 30.5 Å². The second kappa shape index (κ2) is 10.2. The molecule has 7 nitrogen and oxygen atoms in total. The number of nitrogens with two attached hydrogens (primary N) is 1. The monoisotopic (exact) mass is 389 g/mol. The molecule has 0 aliphatic heterocycles. The van der Waals surface area contributed by atoms with E-state index < -0.39 is 23.9 Å². The Hall–Kier alpha value is -3.06. The van der Waals surface area contributed by atoms with Crippen molar-refractivity contribution >= 4 is 29.5 Å². The molecule has 0 saturated heterocycles. The van der Waals surface area contributed by atoms with Crippen LogP contribution in [0.15, 0.2) is 54.6 Å². The Labute approximate surface area is 161 Å². The Bertz CT molecular complexity index is 799. The third kappa shape index (κ3) is 6.99. The number of halogens is 1. The highest BCUT2D eigenvalue weighted by atomic mass is 35.5. The van der Waals surface area contributed by atoms with Crippen molar-refractivity contribution in [1.82, 2.24) is 10.6 Å². The predicted molar refractivity (Wildman–Crippen MR) is 101 cm³/mol. The maximum atomic E-state index is 12.0. The molecule has 0 aliphatic rings. The first kappa shape index (κ1) is 20.3. The summed E-state index contributed by atoms with van der Waals surface area (Å²) in [4.78, 5) is 35.2. The van der Waals surface area contributed by atoms with E-state index in [-0.39, 0.29) is 19.6 Å². The van der Waals surface area contributed by atoms with Gasteiger partial charge in [0.15, 0.2) is 0 Å². The SMILES string of the molecule is NC(=O)[C@@H](Cc1ccccc1Cl)NC(=O)CNC(=O)OCc1ccccc1. The number of nitrogens with one attached hydrogen (secondary N) is 2. The molecule has 1 atom stereocenters. The van der Waals surface area contributed by atoms with Crippen LogP contribution in [-0.2, 0) is 27.4 Å². The third-order valence-electron chi connectivity index (χ3n) is 3.67. The summed E-state index contributed by atoms with van der Waals surface area (Å²) in [5, 5.41) is 5.27. The van der Waals surface area contributed by atoms with Crippen molar-refractivity contribution in [3.8, 4) is 0 Å². The van der Waals surface area contributed by atoms with E-state index in [1.807, 2.05) is 30.3 Å². The molecule has 8 heteroatoms. The van der Waals surface area contributed by atoms with E-state index in [1.165, 1.54) is 0 Å². The van der Waals surface area contributed by atoms with Gasteiger partial charge in [0, 0.05) is 11.4 Å². The van der Waals surface area contributed by atoms with E-state index in [0.29, 0.717) is 10.6 Å². The molecular formula is C19H20ClN3O4. The number of alkyl carbamates (subject to hydrolysis) is 1. The van der Waals surface area contributed by atoms with Gasteiger partial charge in [0.05, 0.1) is 0 Å². The number of ether oxygens (including phenoxy) is 1. The molecule has 0 saturated carbocycles. The molecule has 0 aliphatic carbocycles. The van der Waals surface area contributed by atoms with Crippen LogP contribution in [0, 0.1) is 0 Å². The number of rotatable bonds is 8. The third-order valence-corrected chi connectivity index (χ3v) is 4.04. The van der Waals surface area contributed by atoms with Crippen LogP contribution in [0.4, 0.5) is 4.79 Å². The normalized spacial score (nSPS) is 11.3. The maximum Gasteiger partial charge on any atom is 0.407 e. The van der Waals surface area contributed by atoms with Gasteiger partial charge in [-0.25, -0.2) is 4.79 Å². The average Bonchev–Trinajstić information content (AvgIpc) is 2.66. The Morgan fingerprint density at radius 2 is 1.70 bits per heavy atom. The quantitative estimate of drug-likeness (QED) is 0.639. The number of hydrogen-bond donors (Lipinski definition) is 3. The van der Waals surface area contributed by atoms with E-state index >= 15 is 0 Å². The Balaban J connectivity index is 1.79. The van der Waals surface area contributed by atoms with Crippen LogP contribution in [0.2, 0.25) is 5.02 Å². The highest BCUT2D eigenvalue weighted by Crippen LogP contribution is 2.16. The summed E-state index contributed by atoms with van der Waals surface area (Å²) in [5.41, 5.74) is 6.85. The van der Waals surface area contributed by atoms with Gasteiger partial charge in [-0.05, 0) is 17.2 Å². The van der Waals surface area contributed by atoms with Crippen LogP contribution in [0.3, 0.4) is 0 Å². The van der Waals surface area contributed by atoms with Crippen LogP contribution in [0.25, 0.3) is 0 Å². The average molecular weight is 390 g/mol. The second-order valence-electron chi connectivity index (χ2n) is 5.73. The summed E-state index contributed by atoms with van der Waals surface area (Å²) in [5.74, 6) is -1.27. The summed E-state index contributed by atoms with van der Waals surface area (Å²) in [6, 6.07) is 15.1. The molecule has 0 aromatic heterocycles. The van der Waals surface area contributed by atoms with Crippen molar-refractivity contribution in [2.75, 3.05) is 6.54 Å². The van der Waals surface area contributed by atoms with Gasteiger partial charge < -0.3 is 21.1 Å². The van der Waals surface area contributed by atoms with Gasteiger partial charge in [0.25, 0.3) is 0 Å². The maximum absolute atomic E-state index is 12.0. The minimum Gasteiger partial charge on any atom is -0.445 e. The largest absolute Gasteiger partial charge is 0.445 e. The molecule has 0 bridgehead atoms. The summed E-state index contributed by atoms with van der Waals surface area (Å²) in [6.07, 6.45) is -0.588. The van der Waals surface area contributed by atoms with Gasteiger partial charge in [-0.2, -0.15) is 0 Å². The zero-order chi connectivity index (χ0) is 19.6. The minimum atomic E-state index is -0.945. The van der Waals surface area contributed by atoms with Gasteiger partial charge in [-0.3, -0.25) is 9.59 Å². The lowest BCUT2D eigenvalue weighted by atomic mass is 10.1. The first-order chi connectivity index (χ1) is 13.0. The molecule has 0 heterocycles. The molecule has 0 unspecified atom stereocenters. The molecule has 142 valence electrons. The van der Waals surface area contributed by atoms with Crippen LogP contribution < -0.4 is 16.4 Å². The predicted octanol–water partition coefficient (Wildman–Crippen LogP) is 1.78. The zero-order valence-electron chi connectivity index (χ0n) is 14.5. The molecule has 0 fully saturated rings. The van der Waals surface area contributed by atoms with Gasteiger partial charge in [-0.15, -0.1) is 0 Å². The van der Waals surface area contributed by atoms with E-state index in [2.05, 4.69) is 10.6 Å². The lowest BCUT2D eigenvalue weighted by Gasteiger charge is -2.16. The molecule has 27 heavy (non-hydrogen) atoms. The van der Waals surface area contributed by atoms with Crippen LogP contribution >= 0.6 is 11.6 Å². The van der Waals surface area contributed by atoms with E-state index in [4.69, 9.17) is 22.1 Å². The summed E-state index contributed by atoms with van der Waals surface area (Å²) >= 11 is 6.06. The summed E-state index contributed by atoms with van der Waals surface area (Å²) in [7, 11) is 0. The number of primary amides is 1. The van der Waals surface area contributed by atoms with Crippen molar-refractivity contribution in [1.29, 1.82) is 0 Å². The number of carbonyl (C=O) groups is 3. The second-order valence-corrected chi connectivity index (χ2v) is 6.14. The molecule has 0 radical (unpaired) electrons. The first-order valence-electron chi connectivity index (χ1n) is 8.22. The standard InChI is InChI=1S/C19H20ClN3O4/c20-15-9-5-4-8-14(15)10-16(18(21)25)23-17(24)11-22-19(26)27-12-13-6-2-1-3-7-13/h1-9,16H,10-12H2,(H2,21,25)(H,22,26)(H,23,24)/t16-/m1/s1. The minimum absolute atomic E-state index is 0.0880. The highest BCUT2D eigenvalue weighted by molar-refractivity contribution is 6.31. The van der Waals surface area contributed by atoms with Crippen molar-refractivity contribution < 1.29 is 19.1 Å². The molecular weight excluding hydrogens is 370 g/mol. The first-order valence-corrected chi connectivity index (χ1v) is 8.60. The molecule has 2 aromatic rings. The molecule has 2 rings (SSSR count). The van der Waals surface area contributed by atoms with Crippen LogP contribution in [0.1, 0.15) is 11.1 Å². The Morgan fingerprint density at radius 1 is 1.04 bits per heavy atom. The fraction of sp³-hybridized carbons (Fsp3) is 0.211. The van der Waals surface area contributed by atoms with Crippen molar-refractivity contribution in [2.45, 2.75) is 19.1 Å². The lowest BCUT2D eigenvalue weighted by Crippen LogP contribution is -2.49. The molecule has 0 spiro atoms. The van der Waals surface area contributed by atoms with E-state index in [0.717, 1.165) is 5.56 Å². The highest BCUT2D eigenvalue weighted by Gasteiger charge is 2.20. The van der Waals surface area contributed by atoms with Gasteiger partial charge >= 0.3 is 6.09 Å². The summed E-state index contributed by atoms with van der Waals surface area (Å²) in [6.45, 7) is -0.259. The summed E-state index contributed by atoms with van der Waals surface area (Å²) < 4.78 is 5.00.